The molecule has 1 heterocycles. The van der Waals surface area contributed by atoms with Gasteiger partial charge in [0, 0.05) is 11.3 Å². The molecule has 0 aliphatic rings. The zero-order valence-corrected chi connectivity index (χ0v) is 15.7. The summed E-state index contributed by atoms with van der Waals surface area (Å²) in [6.45, 7) is 0. The van der Waals surface area contributed by atoms with Crippen molar-refractivity contribution in [1.29, 1.82) is 0 Å². The van der Waals surface area contributed by atoms with Crippen molar-refractivity contribution in [2.24, 2.45) is 0 Å². The maximum atomic E-state index is 12.3. The van der Waals surface area contributed by atoms with E-state index in [1.54, 1.807) is 24.3 Å². The van der Waals surface area contributed by atoms with Crippen molar-refractivity contribution in [2.45, 2.75) is 6.36 Å². The quantitative estimate of drug-likeness (QED) is 0.390. The van der Waals surface area contributed by atoms with E-state index in [9.17, 15) is 18.0 Å². The molecule has 0 spiro atoms. The lowest BCUT2D eigenvalue weighted by Crippen LogP contribution is -2.16. The van der Waals surface area contributed by atoms with Crippen molar-refractivity contribution in [2.75, 3.05) is 11.1 Å². The molecule has 0 fully saturated rings. The summed E-state index contributed by atoms with van der Waals surface area (Å²) in [6, 6.07) is 17.9. The van der Waals surface area contributed by atoms with Crippen LogP contribution in [0.2, 0.25) is 0 Å². The molecule has 4 aromatic rings. The first-order valence-corrected chi connectivity index (χ1v) is 8.95. The lowest BCUT2D eigenvalue weighted by atomic mass is 10.0. The van der Waals surface area contributed by atoms with Crippen LogP contribution < -0.4 is 21.5 Å². The van der Waals surface area contributed by atoms with Gasteiger partial charge < -0.3 is 20.3 Å². The van der Waals surface area contributed by atoms with Gasteiger partial charge in [-0.05, 0) is 53.6 Å². The van der Waals surface area contributed by atoms with Gasteiger partial charge in [-0.2, -0.15) is 10.1 Å². The highest BCUT2D eigenvalue weighted by atomic mass is 19.4. The molecular weight excluding hydrogens is 413 g/mol. The fourth-order valence-electron chi connectivity index (χ4n) is 2.95. The SMILES string of the molecule is Nc1ccc(-c2nc(=O)o[nH]2)cc1Nc1cccc(-c2ccc(OC(F)(F)F)cc2)c1. The number of nitrogens with one attached hydrogen (secondary N) is 2. The molecule has 0 bridgehead atoms. The number of anilines is 3. The number of aromatic nitrogens is 2. The van der Waals surface area contributed by atoms with E-state index in [0.717, 1.165) is 5.56 Å². The summed E-state index contributed by atoms with van der Waals surface area (Å²) in [5, 5.41) is 5.63. The third-order valence-corrected chi connectivity index (χ3v) is 4.33. The van der Waals surface area contributed by atoms with Gasteiger partial charge in [0.05, 0.1) is 11.4 Å². The molecule has 4 N–H and O–H groups in total. The minimum atomic E-state index is -4.74. The number of benzene rings is 3. The van der Waals surface area contributed by atoms with Crippen molar-refractivity contribution >= 4 is 17.1 Å². The number of nitrogen functional groups attached to an aromatic ring is 1. The largest absolute Gasteiger partial charge is 0.573 e. The van der Waals surface area contributed by atoms with Crippen LogP contribution in [0.1, 0.15) is 0 Å². The van der Waals surface area contributed by atoms with Gasteiger partial charge in [-0.1, -0.05) is 24.3 Å². The molecule has 0 saturated heterocycles. The van der Waals surface area contributed by atoms with E-state index >= 15 is 0 Å². The number of rotatable bonds is 5. The number of hydrogen-bond donors (Lipinski definition) is 3. The van der Waals surface area contributed by atoms with Crippen molar-refractivity contribution in [1.82, 2.24) is 10.1 Å². The topological polar surface area (TPSA) is 106 Å². The van der Waals surface area contributed by atoms with Crippen LogP contribution in [-0.4, -0.2) is 16.5 Å². The van der Waals surface area contributed by atoms with Crippen molar-refractivity contribution in [3.63, 3.8) is 0 Å². The summed E-state index contributed by atoms with van der Waals surface area (Å²) < 4.78 is 45.5. The maximum Gasteiger partial charge on any atom is 0.573 e. The Morgan fingerprint density at radius 2 is 1.71 bits per heavy atom. The second-order valence-corrected chi connectivity index (χ2v) is 6.51. The second-order valence-electron chi connectivity index (χ2n) is 6.51. The molecule has 31 heavy (non-hydrogen) atoms. The molecule has 158 valence electrons. The van der Waals surface area contributed by atoms with E-state index in [1.165, 1.54) is 24.3 Å². The molecule has 10 heteroatoms. The Hall–Kier alpha value is -4.21. The maximum absolute atomic E-state index is 12.3. The first-order chi connectivity index (χ1) is 14.8. The van der Waals surface area contributed by atoms with Gasteiger partial charge >= 0.3 is 12.1 Å². The van der Waals surface area contributed by atoms with E-state index in [-0.39, 0.29) is 11.6 Å². The minimum absolute atomic E-state index is 0.267. The predicted octanol–water partition coefficient (Wildman–Crippen LogP) is 4.92. The molecule has 0 amide bonds. The highest BCUT2D eigenvalue weighted by Crippen LogP contribution is 2.31. The van der Waals surface area contributed by atoms with Crippen LogP contribution in [0.25, 0.3) is 22.5 Å². The highest BCUT2D eigenvalue weighted by molar-refractivity contribution is 5.79. The van der Waals surface area contributed by atoms with Gasteiger partial charge in [0.15, 0.2) is 5.82 Å². The Morgan fingerprint density at radius 3 is 2.39 bits per heavy atom. The molecule has 0 unspecified atom stereocenters. The van der Waals surface area contributed by atoms with Crippen LogP contribution in [-0.2, 0) is 0 Å². The summed E-state index contributed by atoms with van der Waals surface area (Å²) in [7, 11) is 0. The van der Waals surface area contributed by atoms with Gasteiger partial charge in [0.25, 0.3) is 0 Å². The Balaban J connectivity index is 1.57. The van der Waals surface area contributed by atoms with Crippen molar-refractivity contribution < 1.29 is 22.4 Å². The molecule has 1 aromatic heterocycles. The molecule has 0 aliphatic carbocycles. The number of alkyl halides is 3. The monoisotopic (exact) mass is 428 g/mol. The van der Waals surface area contributed by atoms with Crippen LogP contribution in [0.4, 0.5) is 30.2 Å². The molecule has 0 saturated carbocycles. The highest BCUT2D eigenvalue weighted by Gasteiger charge is 2.30. The van der Waals surface area contributed by atoms with E-state index in [0.29, 0.717) is 28.2 Å². The van der Waals surface area contributed by atoms with Gasteiger partial charge in [-0.15, -0.1) is 13.2 Å². The van der Waals surface area contributed by atoms with Gasteiger partial charge in [-0.3, -0.25) is 0 Å². The average Bonchev–Trinajstić information content (AvgIpc) is 3.16. The first-order valence-electron chi connectivity index (χ1n) is 8.95. The lowest BCUT2D eigenvalue weighted by molar-refractivity contribution is -0.274. The molecule has 7 nitrogen and oxygen atoms in total. The molecule has 4 rings (SSSR count). The number of nitrogens with two attached hydrogens (primary N) is 1. The third kappa shape index (κ3) is 4.86. The lowest BCUT2D eigenvalue weighted by Gasteiger charge is -2.12. The van der Waals surface area contributed by atoms with Crippen LogP contribution in [0.3, 0.4) is 0 Å². The third-order valence-electron chi connectivity index (χ3n) is 4.33. The van der Waals surface area contributed by atoms with Crippen molar-refractivity contribution in [3.8, 4) is 28.3 Å². The molecule has 0 radical (unpaired) electrons. The van der Waals surface area contributed by atoms with Gasteiger partial charge in [0.2, 0.25) is 0 Å². The number of aromatic amines is 1. The van der Waals surface area contributed by atoms with E-state index in [4.69, 9.17) is 5.73 Å². The zero-order chi connectivity index (χ0) is 22.0. The van der Waals surface area contributed by atoms with Gasteiger partial charge in [-0.25, -0.2) is 4.79 Å². The second kappa shape index (κ2) is 7.90. The first kappa shape index (κ1) is 20.1. The average molecular weight is 428 g/mol. The molecule has 0 atom stereocenters. The Labute approximate surface area is 173 Å². The number of hydrogen-bond acceptors (Lipinski definition) is 6. The summed E-state index contributed by atoms with van der Waals surface area (Å²) in [4.78, 5) is 14.9. The van der Waals surface area contributed by atoms with E-state index in [1.807, 2.05) is 18.2 Å². The number of halogens is 3. The molecular formula is C21H15F3N4O3. The summed E-state index contributed by atoms with van der Waals surface area (Å²) >= 11 is 0. The van der Waals surface area contributed by atoms with Crippen LogP contribution in [0.5, 0.6) is 5.75 Å². The predicted molar refractivity (Wildman–Crippen MR) is 109 cm³/mol. The van der Waals surface area contributed by atoms with E-state index < -0.39 is 12.1 Å². The summed E-state index contributed by atoms with van der Waals surface area (Å²) in [6.07, 6.45) is -4.74. The number of ether oxygens (including phenoxy) is 1. The van der Waals surface area contributed by atoms with E-state index in [2.05, 4.69) is 24.7 Å². The van der Waals surface area contributed by atoms with Crippen LogP contribution >= 0.6 is 0 Å². The Morgan fingerprint density at radius 1 is 0.968 bits per heavy atom. The van der Waals surface area contributed by atoms with Crippen LogP contribution in [0, 0.1) is 0 Å². The molecule has 0 aliphatic heterocycles. The van der Waals surface area contributed by atoms with Gasteiger partial charge in [0.1, 0.15) is 5.75 Å². The summed E-state index contributed by atoms with van der Waals surface area (Å²) in [5.74, 6) is -0.760. The Kier molecular flexibility index (Phi) is 5.12. The fourth-order valence-corrected chi connectivity index (χ4v) is 2.95. The number of H-pyrrole nitrogens is 1. The normalized spacial score (nSPS) is 11.3. The zero-order valence-electron chi connectivity index (χ0n) is 15.7. The smallest absolute Gasteiger partial charge is 0.406 e. The Bertz CT molecular complexity index is 1260. The minimum Gasteiger partial charge on any atom is -0.406 e. The van der Waals surface area contributed by atoms with Crippen molar-refractivity contribution in [3.05, 3.63) is 77.3 Å². The molecule has 3 aromatic carbocycles. The number of nitrogens with zero attached hydrogens (tertiary/aromatic N) is 1. The summed E-state index contributed by atoms with van der Waals surface area (Å²) in [5.41, 5.74) is 9.88. The standard InChI is InChI=1S/C21H15F3N4O3/c22-21(23,24)30-16-7-4-12(5-8-16)13-2-1-3-15(10-13)26-18-11-14(6-9-17(18)25)19-27-20(29)31-28-19/h1-11,26H,25H2,(H,27,28,29). The van der Waals surface area contributed by atoms with Crippen LogP contribution in [0.15, 0.2) is 76.0 Å². The fraction of sp³-hybridized carbons (Fsp3) is 0.0476.